The Bertz CT molecular complexity index is 1590. The lowest BCUT2D eigenvalue weighted by molar-refractivity contribution is 0.267. The number of nitrogens with one attached hydrogen (secondary N) is 2. The van der Waals surface area contributed by atoms with Gasteiger partial charge in [0.2, 0.25) is 5.95 Å². The number of nitrogens with zero attached hydrogens (tertiary/aromatic N) is 3. The summed E-state index contributed by atoms with van der Waals surface area (Å²) in [5.74, 6) is 0.269. The van der Waals surface area contributed by atoms with E-state index in [0.29, 0.717) is 26.9 Å². The first-order valence-electron chi connectivity index (χ1n) is 13.2. The second-order valence-corrected chi connectivity index (χ2v) is 12.3. The highest BCUT2D eigenvalue weighted by Crippen LogP contribution is 2.36. The zero-order valence-electron chi connectivity index (χ0n) is 22.0. The van der Waals surface area contributed by atoms with Crippen LogP contribution in [-0.4, -0.2) is 43.1 Å². The third kappa shape index (κ3) is 6.14. The summed E-state index contributed by atoms with van der Waals surface area (Å²) in [6.45, 7) is 4.16. The smallest absolute Gasteiger partial charge is 0.265 e. The van der Waals surface area contributed by atoms with Gasteiger partial charge in [0.15, 0.2) is 11.6 Å². The Kier molecular flexibility index (Phi) is 8.68. The first-order valence-corrected chi connectivity index (χ1v) is 15.5. The Balaban J connectivity index is 1.15. The highest BCUT2D eigenvalue weighted by molar-refractivity contribution is 7.92. The van der Waals surface area contributed by atoms with E-state index < -0.39 is 20.7 Å². The molecule has 212 valence electrons. The molecule has 12 heteroatoms. The van der Waals surface area contributed by atoms with Gasteiger partial charge in [-0.1, -0.05) is 36.2 Å². The number of aryl methyl sites for hydroxylation is 1. The second kappa shape index (κ2) is 12.2. The molecule has 0 radical (unpaired) electrons. The van der Waals surface area contributed by atoms with Crippen LogP contribution in [0.15, 0.2) is 53.8 Å². The third-order valence-corrected chi connectivity index (χ3v) is 9.21. The van der Waals surface area contributed by atoms with Crippen molar-refractivity contribution >= 4 is 55.8 Å². The van der Waals surface area contributed by atoms with E-state index in [0.717, 1.165) is 56.7 Å². The van der Waals surface area contributed by atoms with E-state index in [1.807, 2.05) is 12.4 Å². The molecule has 2 N–H and O–H groups in total. The van der Waals surface area contributed by atoms with Gasteiger partial charge in [-0.2, -0.15) is 0 Å². The number of rotatable bonds is 10. The summed E-state index contributed by atoms with van der Waals surface area (Å²) < 4.78 is 49.6. The normalized spacial score (nSPS) is 14.6. The molecule has 0 bridgehead atoms. The topological polar surface area (TPSA) is 100 Å². The van der Waals surface area contributed by atoms with Crippen LogP contribution in [0.4, 0.5) is 16.0 Å². The first kappa shape index (κ1) is 28.4. The number of aromatic amines is 1. The van der Waals surface area contributed by atoms with Crippen molar-refractivity contribution in [2.75, 3.05) is 29.3 Å². The maximum absolute atomic E-state index is 15.3. The van der Waals surface area contributed by atoms with Gasteiger partial charge in [0.25, 0.3) is 10.0 Å². The van der Waals surface area contributed by atoms with Crippen LogP contribution >= 0.6 is 23.2 Å². The molecule has 0 amide bonds. The van der Waals surface area contributed by atoms with Gasteiger partial charge in [0.1, 0.15) is 4.90 Å². The van der Waals surface area contributed by atoms with Crippen molar-refractivity contribution in [2.45, 2.75) is 43.9 Å². The van der Waals surface area contributed by atoms with E-state index >= 15 is 4.39 Å². The highest BCUT2D eigenvalue weighted by atomic mass is 35.5. The highest BCUT2D eigenvalue weighted by Gasteiger charge is 2.24. The van der Waals surface area contributed by atoms with Crippen molar-refractivity contribution < 1.29 is 17.5 Å². The molecule has 0 aliphatic carbocycles. The maximum atomic E-state index is 15.3. The molecule has 3 heterocycles. The Morgan fingerprint density at radius 1 is 1.12 bits per heavy atom. The number of aromatic nitrogens is 3. The molecule has 1 fully saturated rings. The molecule has 0 unspecified atom stereocenters. The number of H-pyrrole nitrogens is 1. The SMILES string of the molecule is CCc1cnc(N2CCC(CCCOc3cccc(S(=O)(=O)Nc4ccc(Cl)c5c(Cl)c[nH]c45)c3F)CC2)nc1. The number of anilines is 2. The summed E-state index contributed by atoms with van der Waals surface area (Å²) >= 11 is 12.4. The summed E-state index contributed by atoms with van der Waals surface area (Å²) in [6, 6.07) is 7.11. The van der Waals surface area contributed by atoms with Gasteiger partial charge in [0.05, 0.1) is 27.9 Å². The maximum Gasteiger partial charge on any atom is 0.265 e. The van der Waals surface area contributed by atoms with Crippen molar-refractivity contribution in [3.63, 3.8) is 0 Å². The fourth-order valence-electron chi connectivity index (χ4n) is 4.93. The van der Waals surface area contributed by atoms with Crippen LogP contribution in [0.1, 0.15) is 38.2 Å². The van der Waals surface area contributed by atoms with Gasteiger partial charge in [-0.25, -0.2) is 22.8 Å². The number of benzene rings is 2. The van der Waals surface area contributed by atoms with E-state index in [2.05, 4.69) is 31.5 Å². The molecule has 8 nitrogen and oxygen atoms in total. The number of piperidine rings is 1. The average Bonchev–Trinajstić information content (AvgIpc) is 3.36. The Hall–Kier alpha value is -3.08. The van der Waals surface area contributed by atoms with Crippen LogP contribution in [0.25, 0.3) is 10.9 Å². The van der Waals surface area contributed by atoms with Crippen molar-refractivity contribution in [1.82, 2.24) is 15.0 Å². The minimum atomic E-state index is -4.27. The van der Waals surface area contributed by atoms with Gasteiger partial charge in [0, 0.05) is 37.1 Å². The summed E-state index contributed by atoms with van der Waals surface area (Å²) in [4.78, 5) is 13.6. The lowest BCUT2D eigenvalue weighted by Gasteiger charge is -2.32. The monoisotopic (exact) mass is 605 g/mol. The summed E-state index contributed by atoms with van der Waals surface area (Å²) in [7, 11) is -4.27. The standard InChI is InChI=1S/C28H30Cl2FN5O3S/c1-2-18-15-33-28(34-16-18)36-12-10-19(11-13-36)5-4-14-39-23-6-3-7-24(26(23)31)40(37,38)35-22-9-8-20(29)25-21(30)17-32-27(22)25/h3,6-9,15-17,19,32,35H,2,4-5,10-14H2,1H3. The number of sulfonamides is 1. The van der Waals surface area contributed by atoms with Gasteiger partial charge < -0.3 is 14.6 Å². The zero-order chi connectivity index (χ0) is 28.3. The molecule has 0 spiro atoms. The van der Waals surface area contributed by atoms with Crippen LogP contribution in [-0.2, 0) is 16.4 Å². The number of ether oxygens (including phenoxy) is 1. The molecular formula is C28H30Cl2FN5O3S. The van der Waals surface area contributed by atoms with E-state index in [4.69, 9.17) is 27.9 Å². The molecule has 0 saturated carbocycles. The van der Waals surface area contributed by atoms with E-state index in [-0.39, 0.29) is 18.0 Å². The van der Waals surface area contributed by atoms with Crippen molar-refractivity contribution in [3.05, 3.63) is 70.3 Å². The Labute approximate surface area is 242 Å². The minimum Gasteiger partial charge on any atom is -0.490 e. The molecule has 1 aliphatic heterocycles. The predicted molar refractivity (Wildman–Crippen MR) is 157 cm³/mol. The third-order valence-electron chi connectivity index (χ3n) is 7.21. The van der Waals surface area contributed by atoms with E-state index in [1.54, 1.807) is 0 Å². The molecular weight excluding hydrogens is 576 g/mol. The van der Waals surface area contributed by atoms with E-state index in [1.165, 1.54) is 36.5 Å². The summed E-state index contributed by atoms with van der Waals surface area (Å²) in [5.41, 5.74) is 1.73. The fraction of sp³-hybridized carbons (Fsp3) is 0.357. The summed E-state index contributed by atoms with van der Waals surface area (Å²) in [6.07, 6.45) is 9.92. The zero-order valence-corrected chi connectivity index (χ0v) is 24.3. The van der Waals surface area contributed by atoms with Crippen molar-refractivity contribution in [1.29, 1.82) is 0 Å². The molecule has 1 aliphatic rings. The number of halogens is 3. The number of fused-ring (bicyclic) bond motifs is 1. The minimum absolute atomic E-state index is 0.102. The Morgan fingerprint density at radius 2 is 1.88 bits per heavy atom. The number of hydrogen-bond acceptors (Lipinski definition) is 6. The van der Waals surface area contributed by atoms with Gasteiger partial charge in [-0.3, -0.25) is 4.72 Å². The van der Waals surface area contributed by atoms with Gasteiger partial charge in [-0.05, 0) is 67.9 Å². The van der Waals surface area contributed by atoms with Crippen LogP contribution in [0.3, 0.4) is 0 Å². The lowest BCUT2D eigenvalue weighted by Crippen LogP contribution is -2.35. The molecule has 40 heavy (non-hydrogen) atoms. The molecule has 0 atom stereocenters. The Morgan fingerprint density at radius 3 is 2.60 bits per heavy atom. The first-order chi connectivity index (χ1) is 19.3. The quantitative estimate of drug-likeness (QED) is 0.192. The molecule has 4 aromatic rings. The van der Waals surface area contributed by atoms with Gasteiger partial charge >= 0.3 is 0 Å². The average molecular weight is 607 g/mol. The number of hydrogen-bond donors (Lipinski definition) is 2. The molecule has 2 aromatic heterocycles. The second-order valence-electron chi connectivity index (χ2n) is 9.82. The largest absolute Gasteiger partial charge is 0.490 e. The van der Waals surface area contributed by atoms with Crippen LogP contribution < -0.4 is 14.4 Å². The van der Waals surface area contributed by atoms with Crippen molar-refractivity contribution in [2.24, 2.45) is 5.92 Å². The molecule has 2 aromatic carbocycles. The predicted octanol–water partition coefficient (Wildman–Crippen LogP) is 6.84. The molecule has 1 saturated heterocycles. The fourth-order valence-corrected chi connectivity index (χ4v) is 6.65. The van der Waals surface area contributed by atoms with Crippen molar-refractivity contribution in [3.8, 4) is 5.75 Å². The van der Waals surface area contributed by atoms with Crippen LogP contribution in [0, 0.1) is 11.7 Å². The van der Waals surface area contributed by atoms with Crippen LogP contribution in [0.5, 0.6) is 5.75 Å². The van der Waals surface area contributed by atoms with Crippen LogP contribution in [0.2, 0.25) is 10.0 Å². The molecule has 5 rings (SSSR count). The van der Waals surface area contributed by atoms with Gasteiger partial charge in [-0.15, -0.1) is 0 Å². The summed E-state index contributed by atoms with van der Waals surface area (Å²) in [5, 5.41) is 1.20. The lowest BCUT2D eigenvalue weighted by atomic mass is 9.92. The van der Waals surface area contributed by atoms with E-state index in [9.17, 15) is 8.42 Å².